The van der Waals surface area contributed by atoms with E-state index in [9.17, 15) is 4.79 Å². The average Bonchev–Trinajstić information content (AvgIpc) is 3.45. The highest BCUT2D eigenvalue weighted by Gasteiger charge is 2.22. The highest BCUT2D eigenvalue weighted by atomic mass is 32.1. The number of aryl methyl sites for hydroxylation is 2. The number of ether oxygens (including phenoxy) is 1. The summed E-state index contributed by atoms with van der Waals surface area (Å²) in [5.41, 5.74) is 4.24. The predicted molar refractivity (Wildman–Crippen MR) is 106 cm³/mol. The monoisotopic (exact) mass is 393 g/mol. The number of thiophene rings is 1. The highest BCUT2D eigenvalue weighted by molar-refractivity contribution is 7.13. The molecule has 0 fully saturated rings. The molecule has 0 spiro atoms. The molecule has 7 heteroatoms. The maximum atomic E-state index is 12.7. The second-order valence-corrected chi connectivity index (χ2v) is 7.97. The number of nitrogens with one attached hydrogen (secondary N) is 1. The Morgan fingerprint density at radius 3 is 3.00 bits per heavy atom. The number of nitrogens with zero attached hydrogens (tertiary/aromatic N) is 2. The summed E-state index contributed by atoms with van der Waals surface area (Å²) in [6.07, 6.45) is 3.91. The Labute approximate surface area is 165 Å². The number of carbonyl (C=O) groups is 1. The van der Waals surface area contributed by atoms with Crippen molar-refractivity contribution in [3.63, 3.8) is 0 Å². The molecule has 1 atom stereocenters. The summed E-state index contributed by atoms with van der Waals surface area (Å²) in [6.45, 7) is 1.74. The van der Waals surface area contributed by atoms with Gasteiger partial charge in [-0.15, -0.1) is 21.5 Å². The van der Waals surface area contributed by atoms with Crippen LogP contribution in [0.5, 0.6) is 0 Å². The number of H-pyrrole nitrogens is 1. The zero-order chi connectivity index (χ0) is 19.1. The normalized spacial score (nSPS) is 14.8. The van der Waals surface area contributed by atoms with Crippen LogP contribution in [0.4, 0.5) is 0 Å². The van der Waals surface area contributed by atoms with Gasteiger partial charge in [0.1, 0.15) is 0 Å². The predicted octanol–water partition coefficient (Wildman–Crippen LogP) is 5.08. The molecule has 0 bridgehead atoms. The summed E-state index contributed by atoms with van der Waals surface area (Å²) in [4.78, 5) is 17.0. The molecule has 0 radical (unpaired) electrons. The van der Waals surface area contributed by atoms with Crippen molar-refractivity contribution in [2.75, 3.05) is 0 Å². The number of esters is 1. The Morgan fingerprint density at radius 1 is 1.25 bits per heavy atom. The summed E-state index contributed by atoms with van der Waals surface area (Å²) in [5, 5.41) is 11.1. The molecule has 0 aliphatic heterocycles. The van der Waals surface area contributed by atoms with Gasteiger partial charge in [-0.05, 0) is 67.8 Å². The van der Waals surface area contributed by atoms with E-state index in [4.69, 9.17) is 9.15 Å². The number of hydrogen-bond donors (Lipinski definition) is 1. The van der Waals surface area contributed by atoms with Crippen molar-refractivity contribution in [1.29, 1.82) is 0 Å². The number of aromatic nitrogens is 3. The fraction of sp³-hybridized carbons (Fsp3) is 0.286. The van der Waals surface area contributed by atoms with Gasteiger partial charge in [0.15, 0.2) is 6.10 Å². The summed E-state index contributed by atoms with van der Waals surface area (Å²) in [6, 6.07) is 9.51. The van der Waals surface area contributed by atoms with Gasteiger partial charge >= 0.3 is 5.97 Å². The SMILES string of the molecule is CC(OC(=O)c1ccc2[nH]c3c(c2c1)CCCC3)c1nnc(-c2cccs2)o1. The fourth-order valence-corrected chi connectivity index (χ4v) is 4.35. The molecule has 4 aromatic rings. The molecule has 1 unspecified atom stereocenters. The summed E-state index contributed by atoms with van der Waals surface area (Å²) in [7, 11) is 0. The van der Waals surface area contributed by atoms with E-state index in [1.165, 1.54) is 35.4 Å². The summed E-state index contributed by atoms with van der Waals surface area (Å²) in [5.74, 6) is 0.334. The molecule has 1 aromatic carbocycles. The first-order chi connectivity index (χ1) is 13.7. The van der Waals surface area contributed by atoms with Crippen LogP contribution in [0.25, 0.3) is 21.7 Å². The van der Waals surface area contributed by atoms with Crippen LogP contribution >= 0.6 is 11.3 Å². The summed E-state index contributed by atoms with van der Waals surface area (Å²) >= 11 is 1.52. The number of benzene rings is 1. The zero-order valence-electron chi connectivity index (χ0n) is 15.4. The minimum absolute atomic E-state index is 0.289. The van der Waals surface area contributed by atoms with Crippen LogP contribution in [0.2, 0.25) is 0 Å². The lowest BCUT2D eigenvalue weighted by Gasteiger charge is -2.11. The topological polar surface area (TPSA) is 81.0 Å². The quantitative estimate of drug-likeness (QED) is 0.489. The fourth-order valence-electron chi connectivity index (χ4n) is 3.71. The molecule has 1 N–H and O–H groups in total. The van der Waals surface area contributed by atoms with Crippen molar-refractivity contribution in [1.82, 2.24) is 15.2 Å². The molecule has 3 heterocycles. The number of fused-ring (bicyclic) bond motifs is 3. The Balaban J connectivity index is 1.36. The number of rotatable bonds is 4. The molecule has 6 nitrogen and oxygen atoms in total. The zero-order valence-corrected chi connectivity index (χ0v) is 16.2. The van der Waals surface area contributed by atoms with Crippen molar-refractivity contribution in [3.05, 3.63) is 58.4 Å². The lowest BCUT2D eigenvalue weighted by molar-refractivity contribution is 0.0280. The van der Waals surface area contributed by atoms with E-state index in [-0.39, 0.29) is 5.89 Å². The van der Waals surface area contributed by atoms with Gasteiger partial charge in [-0.3, -0.25) is 0 Å². The van der Waals surface area contributed by atoms with E-state index >= 15 is 0 Å². The molecule has 1 aliphatic rings. The Kier molecular flexibility index (Phi) is 4.24. The maximum absolute atomic E-state index is 12.7. The van der Waals surface area contributed by atoms with E-state index in [2.05, 4.69) is 15.2 Å². The minimum Gasteiger partial charge on any atom is -0.449 e. The molecule has 28 heavy (non-hydrogen) atoms. The standard InChI is InChI=1S/C21H19N3O3S/c1-12(19-23-24-20(27-19)18-7-4-10-28-18)26-21(25)13-8-9-17-15(11-13)14-5-2-3-6-16(14)22-17/h4,7-12,22H,2-3,5-6H2,1H3. The van der Waals surface area contributed by atoms with Crippen molar-refractivity contribution < 1.29 is 13.9 Å². The Hall–Kier alpha value is -2.93. The third-order valence-corrected chi connectivity index (χ3v) is 6.00. The third kappa shape index (κ3) is 3.01. The van der Waals surface area contributed by atoms with Crippen LogP contribution in [-0.2, 0) is 17.6 Å². The molecule has 0 saturated heterocycles. The first-order valence-electron chi connectivity index (χ1n) is 9.41. The lowest BCUT2D eigenvalue weighted by atomic mass is 9.95. The first kappa shape index (κ1) is 17.2. The van der Waals surface area contributed by atoms with Crippen LogP contribution in [0.3, 0.4) is 0 Å². The van der Waals surface area contributed by atoms with E-state index < -0.39 is 12.1 Å². The maximum Gasteiger partial charge on any atom is 0.338 e. The van der Waals surface area contributed by atoms with Gasteiger partial charge < -0.3 is 14.1 Å². The van der Waals surface area contributed by atoms with Crippen LogP contribution < -0.4 is 0 Å². The molecular formula is C21H19N3O3S. The average molecular weight is 393 g/mol. The third-order valence-electron chi connectivity index (χ3n) is 5.14. The molecule has 142 valence electrons. The number of aromatic amines is 1. The van der Waals surface area contributed by atoms with Gasteiger partial charge in [0.05, 0.1) is 10.4 Å². The van der Waals surface area contributed by atoms with Crippen molar-refractivity contribution in [2.24, 2.45) is 0 Å². The van der Waals surface area contributed by atoms with E-state index in [0.717, 1.165) is 28.6 Å². The molecule has 3 aromatic heterocycles. The number of carbonyl (C=O) groups excluding carboxylic acids is 1. The molecule has 5 rings (SSSR count). The van der Waals surface area contributed by atoms with E-state index in [1.54, 1.807) is 13.0 Å². The largest absolute Gasteiger partial charge is 0.449 e. The van der Waals surface area contributed by atoms with Gasteiger partial charge in [-0.1, -0.05) is 6.07 Å². The molecule has 1 aliphatic carbocycles. The first-order valence-corrected chi connectivity index (χ1v) is 10.3. The van der Waals surface area contributed by atoms with E-state index in [0.29, 0.717) is 11.5 Å². The van der Waals surface area contributed by atoms with Crippen LogP contribution in [0.1, 0.15) is 53.4 Å². The Bertz CT molecular complexity index is 1140. The second-order valence-electron chi connectivity index (χ2n) is 7.02. The van der Waals surface area contributed by atoms with Gasteiger partial charge in [0.25, 0.3) is 11.8 Å². The Morgan fingerprint density at radius 2 is 2.14 bits per heavy atom. The van der Waals surface area contributed by atoms with Gasteiger partial charge in [0, 0.05) is 16.6 Å². The molecule has 0 amide bonds. The van der Waals surface area contributed by atoms with Crippen LogP contribution in [0, 0.1) is 0 Å². The van der Waals surface area contributed by atoms with Crippen molar-refractivity contribution >= 4 is 28.2 Å². The van der Waals surface area contributed by atoms with Crippen LogP contribution in [0.15, 0.2) is 40.1 Å². The van der Waals surface area contributed by atoms with Gasteiger partial charge in [0.2, 0.25) is 0 Å². The number of hydrogen-bond acceptors (Lipinski definition) is 6. The van der Waals surface area contributed by atoms with Gasteiger partial charge in [-0.2, -0.15) is 0 Å². The van der Waals surface area contributed by atoms with Gasteiger partial charge in [-0.25, -0.2) is 4.79 Å². The second kappa shape index (κ2) is 6.91. The van der Waals surface area contributed by atoms with Crippen molar-refractivity contribution in [3.8, 4) is 10.8 Å². The molecular weight excluding hydrogens is 374 g/mol. The molecule has 0 saturated carbocycles. The highest BCUT2D eigenvalue weighted by Crippen LogP contribution is 2.30. The van der Waals surface area contributed by atoms with Crippen molar-refractivity contribution in [2.45, 2.75) is 38.7 Å². The minimum atomic E-state index is -0.621. The van der Waals surface area contributed by atoms with E-state index in [1.807, 2.05) is 29.6 Å². The lowest BCUT2D eigenvalue weighted by Crippen LogP contribution is -2.09. The smallest absolute Gasteiger partial charge is 0.338 e. The van der Waals surface area contributed by atoms with Crippen LogP contribution in [-0.4, -0.2) is 21.2 Å². The summed E-state index contributed by atoms with van der Waals surface area (Å²) < 4.78 is 11.2.